The molecule has 1 aromatic carbocycles. The summed E-state index contributed by atoms with van der Waals surface area (Å²) in [6, 6.07) is 5.44. The van der Waals surface area contributed by atoms with Gasteiger partial charge in [-0.1, -0.05) is 6.92 Å². The third-order valence-corrected chi connectivity index (χ3v) is 8.06. The number of carbonyl (C=O) groups excluding carboxylic acids is 1. The number of nitrogens with zero attached hydrogens (tertiary/aromatic N) is 6. The van der Waals surface area contributed by atoms with Crippen LogP contribution in [0, 0.1) is 5.82 Å². The fourth-order valence-corrected chi connectivity index (χ4v) is 5.49. The van der Waals surface area contributed by atoms with Crippen LogP contribution in [0.2, 0.25) is 0 Å². The Balaban J connectivity index is 1.34. The van der Waals surface area contributed by atoms with Crippen molar-refractivity contribution >= 4 is 49.5 Å². The second-order valence-electron chi connectivity index (χ2n) is 8.37. The molecule has 0 saturated carbocycles. The first-order valence-electron chi connectivity index (χ1n) is 11.4. The van der Waals surface area contributed by atoms with E-state index in [1.807, 2.05) is 15.8 Å². The molecule has 2 aliphatic rings. The molecule has 34 heavy (non-hydrogen) atoms. The molecule has 1 aliphatic carbocycles. The first kappa shape index (κ1) is 23.0. The number of imidazole rings is 1. The summed E-state index contributed by atoms with van der Waals surface area (Å²) in [5, 5.41) is 8.94. The van der Waals surface area contributed by atoms with Crippen LogP contribution in [0.15, 0.2) is 29.5 Å². The van der Waals surface area contributed by atoms with Gasteiger partial charge in [-0.3, -0.25) is 4.40 Å². The van der Waals surface area contributed by atoms with Crippen LogP contribution in [-0.4, -0.2) is 75.3 Å². The standard InChI is InChI=1S/C23H26FN7O2.Tl/c1-3-17-20(30-13-15-5-4-6-18(15)28-22(30)27-17)21(32)26-12-14-7-8-19(16(24)11-14)31-10-9-25-23(29-31)33-2;/h7-8,11,13H,3-6,9-10,12H2,1-2H3,(H2,25,26,29,32);/q;+1/p-1. The van der Waals surface area contributed by atoms with E-state index in [9.17, 15) is 9.18 Å². The van der Waals surface area contributed by atoms with Crippen LogP contribution >= 0.6 is 0 Å². The minimum absolute atomic E-state index is 0.201. The molecular weight excluding hydrogens is 630 g/mol. The van der Waals surface area contributed by atoms with Crippen molar-refractivity contribution in [3.8, 4) is 0 Å². The van der Waals surface area contributed by atoms with E-state index < -0.39 is 0 Å². The van der Waals surface area contributed by atoms with Crippen LogP contribution in [-0.2, 0) is 30.5 Å². The second-order valence-corrected chi connectivity index (χ2v) is 10.8. The quantitative estimate of drug-likeness (QED) is 0.424. The number of aryl methyl sites for hydroxylation is 3. The number of anilines is 1. The molecule has 3 heterocycles. The van der Waals surface area contributed by atoms with Gasteiger partial charge in [-0.15, -0.1) is 0 Å². The van der Waals surface area contributed by atoms with Gasteiger partial charge in [0.2, 0.25) is 5.78 Å². The fraction of sp³-hybridized carbons (Fsp3) is 0.391. The fourth-order valence-electron chi connectivity index (χ4n) is 4.43. The maximum Gasteiger partial charge on any atom is -0.00961 e. The van der Waals surface area contributed by atoms with E-state index in [0.29, 0.717) is 73.5 Å². The zero-order chi connectivity index (χ0) is 23.8. The number of hydrazone groups is 1. The first-order valence-corrected chi connectivity index (χ1v) is 13.4. The second kappa shape index (κ2) is 9.47. The van der Waals surface area contributed by atoms with Crippen molar-refractivity contribution in [2.24, 2.45) is 5.10 Å². The third-order valence-electron chi connectivity index (χ3n) is 6.20. The Morgan fingerprint density at radius 2 is 2.12 bits per heavy atom. The molecule has 0 atom stereocenters. The number of nitrogens with one attached hydrogen (secondary N) is 1. The van der Waals surface area contributed by atoms with Crippen molar-refractivity contribution in [3.63, 3.8) is 0 Å². The van der Waals surface area contributed by atoms with Gasteiger partial charge in [0.1, 0.15) is 0 Å². The number of hydrogen-bond acceptors (Lipinski definition) is 7. The monoisotopic (exact) mass is 655 g/mol. The number of methoxy groups -OCH3 is 1. The number of rotatable bonds is 5. The molecule has 0 saturated heterocycles. The van der Waals surface area contributed by atoms with Gasteiger partial charge in [0, 0.05) is 11.9 Å². The summed E-state index contributed by atoms with van der Waals surface area (Å²) in [4.78, 5) is 22.4. The minimum atomic E-state index is -0.390. The Bertz CT molecular complexity index is 1290. The van der Waals surface area contributed by atoms with Crippen molar-refractivity contribution < 1.29 is 13.9 Å². The number of aromatic nitrogens is 3. The average molecular weight is 655 g/mol. The number of ether oxygens (including phenoxy) is 1. The van der Waals surface area contributed by atoms with Crippen molar-refractivity contribution in [3.05, 3.63) is 58.4 Å². The molecule has 0 radical (unpaired) electrons. The van der Waals surface area contributed by atoms with E-state index in [-0.39, 0.29) is 18.3 Å². The summed E-state index contributed by atoms with van der Waals surface area (Å²) in [5.74, 6) is -0.0737. The number of fused-ring (bicyclic) bond motifs is 2. The number of amidine groups is 1. The molecule has 0 bridgehead atoms. The minimum Gasteiger partial charge on any atom is -0.0435 e. The van der Waals surface area contributed by atoms with Crippen LogP contribution in [0.3, 0.4) is 0 Å². The van der Waals surface area contributed by atoms with Crippen molar-refractivity contribution in [1.82, 2.24) is 22.4 Å². The molecule has 11 heteroatoms. The summed E-state index contributed by atoms with van der Waals surface area (Å²) in [7, 11) is 1.57. The van der Waals surface area contributed by atoms with Gasteiger partial charge in [-0.05, 0) is 31.2 Å². The zero-order valence-corrected chi connectivity index (χ0v) is 23.7. The molecule has 2 aromatic heterocycles. The molecule has 0 unspecified atom stereocenters. The van der Waals surface area contributed by atoms with E-state index in [2.05, 4.69) is 20.4 Å². The molecule has 3 aromatic rings. The molecule has 9 nitrogen and oxygen atoms in total. The molecule has 0 spiro atoms. The van der Waals surface area contributed by atoms with Gasteiger partial charge in [-0.2, -0.15) is 0 Å². The predicted octanol–water partition coefficient (Wildman–Crippen LogP) is 1.97. The van der Waals surface area contributed by atoms with E-state index in [4.69, 9.17) is 4.74 Å². The van der Waals surface area contributed by atoms with Crippen LogP contribution in [0.1, 0.15) is 46.3 Å². The predicted molar refractivity (Wildman–Crippen MR) is 126 cm³/mol. The Kier molecular flexibility index (Phi) is 6.40. The summed E-state index contributed by atoms with van der Waals surface area (Å²) >= 11 is 0.569. The third kappa shape index (κ3) is 4.23. The molecule has 5 rings (SSSR count). The molecule has 1 aliphatic heterocycles. The number of amides is 1. The number of benzene rings is 1. The van der Waals surface area contributed by atoms with E-state index >= 15 is 0 Å². The van der Waals surface area contributed by atoms with Crippen molar-refractivity contribution in [2.45, 2.75) is 39.2 Å². The van der Waals surface area contributed by atoms with E-state index in [0.717, 1.165) is 31.5 Å². The summed E-state index contributed by atoms with van der Waals surface area (Å²) < 4.78 is 24.0. The Morgan fingerprint density at radius 1 is 1.26 bits per heavy atom. The molecular formula is C23H25FN7O2Tl. The number of hydrogen-bond donors (Lipinski definition) is 1. The Morgan fingerprint density at radius 3 is 2.88 bits per heavy atom. The maximum absolute atomic E-state index is 14.9. The van der Waals surface area contributed by atoms with E-state index in [1.54, 1.807) is 28.7 Å². The molecule has 1 amide bonds. The summed E-state index contributed by atoms with van der Waals surface area (Å²) in [5.41, 5.74) is 4.51. The molecule has 0 fully saturated rings. The van der Waals surface area contributed by atoms with Gasteiger partial charge in [0.25, 0.3) is 0 Å². The van der Waals surface area contributed by atoms with E-state index in [1.165, 1.54) is 11.6 Å². The smallest absolute Gasteiger partial charge is 0.00961 e. The molecule has 1 N–H and O–H groups in total. The molecule has 174 valence electrons. The van der Waals surface area contributed by atoms with Gasteiger partial charge in [-0.25, -0.2) is 9.97 Å². The average Bonchev–Trinajstić information content (AvgIpc) is 3.44. The first-order chi connectivity index (χ1) is 16.5. The summed E-state index contributed by atoms with van der Waals surface area (Å²) in [6.07, 6.45) is 5.62. The number of carbonyl (C=O) groups is 1. The van der Waals surface area contributed by atoms with Gasteiger partial charge < -0.3 is 0 Å². The van der Waals surface area contributed by atoms with Crippen LogP contribution in [0.25, 0.3) is 5.78 Å². The maximum atomic E-state index is 14.9. The van der Waals surface area contributed by atoms with Crippen LogP contribution < -0.4 is 10.3 Å². The Labute approximate surface area is 213 Å². The zero-order valence-electron chi connectivity index (χ0n) is 19.2. The number of halogens is 1. The van der Waals surface area contributed by atoms with Gasteiger partial charge in [0.05, 0.1) is 5.69 Å². The SMILES string of the molecule is CCc1nc2nc3c(cn2c1C(=O)NCc1ccc(N2CC[N]([Tl])C(OC)=N2)c(F)c1)CCC3. The topological polar surface area (TPSA) is 87.4 Å². The Hall–Kier alpha value is -2.77. The largest absolute Gasteiger partial charge is 0.0435 e. The normalized spacial score (nSPS) is 15.4. The summed E-state index contributed by atoms with van der Waals surface area (Å²) in [6.45, 7) is 3.50. The van der Waals surface area contributed by atoms with Gasteiger partial charge >= 0.3 is 138 Å². The van der Waals surface area contributed by atoms with Crippen molar-refractivity contribution in [1.29, 1.82) is 0 Å². The van der Waals surface area contributed by atoms with Crippen molar-refractivity contribution in [2.75, 3.05) is 25.2 Å². The van der Waals surface area contributed by atoms with Crippen LogP contribution in [0.4, 0.5) is 10.1 Å². The van der Waals surface area contributed by atoms with Gasteiger partial charge in [0.15, 0.2) is 0 Å². The van der Waals surface area contributed by atoms with Crippen LogP contribution in [0.5, 0.6) is 0 Å².